The van der Waals surface area contributed by atoms with Gasteiger partial charge < -0.3 is 10.1 Å². The molecule has 2 aromatic rings. The molecule has 0 bridgehead atoms. The highest BCUT2D eigenvalue weighted by Crippen LogP contribution is 2.20. The monoisotopic (exact) mass is 374 g/mol. The highest BCUT2D eigenvalue weighted by molar-refractivity contribution is 6.32. The third-order valence-electron chi connectivity index (χ3n) is 3.59. The van der Waals surface area contributed by atoms with Crippen LogP contribution in [0, 0.1) is 17.1 Å². The summed E-state index contributed by atoms with van der Waals surface area (Å²) in [5.41, 5.74) is 1.08. The average Bonchev–Trinajstić information content (AvgIpc) is 2.61. The van der Waals surface area contributed by atoms with E-state index in [4.69, 9.17) is 21.6 Å². The van der Waals surface area contributed by atoms with E-state index in [1.54, 1.807) is 18.2 Å². The van der Waals surface area contributed by atoms with Gasteiger partial charge in [0.2, 0.25) is 0 Å². The molecule has 1 amide bonds. The van der Waals surface area contributed by atoms with Crippen molar-refractivity contribution in [2.45, 2.75) is 25.9 Å². The number of anilines is 1. The minimum absolute atomic E-state index is 0.0404. The van der Waals surface area contributed by atoms with E-state index in [0.717, 1.165) is 0 Å². The van der Waals surface area contributed by atoms with E-state index >= 15 is 0 Å². The van der Waals surface area contributed by atoms with Crippen LogP contribution < -0.4 is 5.32 Å². The second-order valence-electron chi connectivity index (χ2n) is 5.52. The number of rotatable bonds is 6. The summed E-state index contributed by atoms with van der Waals surface area (Å²) in [7, 11) is 0. The second-order valence-corrected chi connectivity index (χ2v) is 5.93. The predicted molar refractivity (Wildman–Crippen MR) is 95.1 cm³/mol. The van der Waals surface area contributed by atoms with Crippen molar-refractivity contribution in [1.82, 2.24) is 0 Å². The Balaban J connectivity index is 1.86. The summed E-state index contributed by atoms with van der Waals surface area (Å²) in [5.74, 6) is -1.53. The summed E-state index contributed by atoms with van der Waals surface area (Å²) in [4.78, 5) is 23.9. The first kappa shape index (κ1) is 19.4. The zero-order chi connectivity index (χ0) is 19.1. The van der Waals surface area contributed by atoms with E-state index in [0.29, 0.717) is 11.3 Å². The van der Waals surface area contributed by atoms with Gasteiger partial charge in [0.25, 0.3) is 5.91 Å². The molecule has 0 aliphatic rings. The lowest BCUT2D eigenvalue weighted by Crippen LogP contribution is -2.30. The van der Waals surface area contributed by atoms with Crippen molar-refractivity contribution < 1.29 is 18.7 Å². The Bertz CT molecular complexity index is 864. The summed E-state index contributed by atoms with van der Waals surface area (Å²) in [5, 5.41) is 11.6. The van der Waals surface area contributed by atoms with E-state index in [1.165, 1.54) is 31.2 Å². The second kappa shape index (κ2) is 8.97. The smallest absolute Gasteiger partial charge is 0.306 e. The summed E-state index contributed by atoms with van der Waals surface area (Å²) >= 11 is 5.90. The SMILES string of the molecule is C[C@@H](OC(=O)CCc1ccccc1F)C(=O)Nc1ccc(C#N)c(Cl)c1. The molecule has 0 fully saturated rings. The highest BCUT2D eigenvalue weighted by atomic mass is 35.5. The molecule has 1 atom stereocenters. The molecule has 5 nitrogen and oxygen atoms in total. The molecule has 2 rings (SSSR count). The lowest BCUT2D eigenvalue weighted by molar-refractivity contribution is -0.153. The number of benzene rings is 2. The van der Waals surface area contributed by atoms with Crippen molar-refractivity contribution in [2.24, 2.45) is 0 Å². The summed E-state index contributed by atoms with van der Waals surface area (Å²) in [6.45, 7) is 1.43. The van der Waals surface area contributed by atoms with Gasteiger partial charge in [-0.05, 0) is 43.2 Å². The molecule has 0 unspecified atom stereocenters. The lowest BCUT2D eigenvalue weighted by atomic mass is 10.1. The van der Waals surface area contributed by atoms with Gasteiger partial charge in [-0.2, -0.15) is 5.26 Å². The molecule has 26 heavy (non-hydrogen) atoms. The maximum Gasteiger partial charge on any atom is 0.306 e. The number of carbonyl (C=O) groups is 2. The van der Waals surface area contributed by atoms with Crippen LogP contribution in [0.25, 0.3) is 0 Å². The molecular formula is C19H16ClFN2O3. The van der Waals surface area contributed by atoms with Crippen LogP contribution in [-0.4, -0.2) is 18.0 Å². The highest BCUT2D eigenvalue weighted by Gasteiger charge is 2.18. The molecule has 134 valence electrons. The van der Waals surface area contributed by atoms with Crippen molar-refractivity contribution in [3.63, 3.8) is 0 Å². The number of carbonyl (C=O) groups excluding carboxylic acids is 2. The Morgan fingerprint density at radius 1 is 1.31 bits per heavy atom. The topological polar surface area (TPSA) is 79.2 Å². The lowest BCUT2D eigenvalue weighted by Gasteiger charge is -2.14. The quantitative estimate of drug-likeness (QED) is 0.779. The summed E-state index contributed by atoms with van der Waals surface area (Å²) in [6.07, 6.45) is -0.885. The van der Waals surface area contributed by atoms with Crippen LogP contribution in [0.5, 0.6) is 0 Å². The van der Waals surface area contributed by atoms with Crippen molar-refractivity contribution in [2.75, 3.05) is 5.32 Å². The van der Waals surface area contributed by atoms with Crippen LogP contribution in [-0.2, 0) is 20.7 Å². The molecule has 0 saturated heterocycles. The Hall–Kier alpha value is -2.91. The molecule has 0 aliphatic carbocycles. The molecular weight excluding hydrogens is 359 g/mol. The fourth-order valence-electron chi connectivity index (χ4n) is 2.17. The molecule has 0 aliphatic heterocycles. The fraction of sp³-hybridized carbons (Fsp3) is 0.211. The van der Waals surface area contributed by atoms with E-state index in [-0.39, 0.29) is 29.2 Å². The first-order chi connectivity index (χ1) is 12.4. The average molecular weight is 375 g/mol. The Kier molecular flexibility index (Phi) is 6.70. The minimum atomic E-state index is -1.03. The van der Waals surface area contributed by atoms with Gasteiger partial charge in [-0.25, -0.2) is 4.39 Å². The number of hydrogen-bond acceptors (Lipinski definition) is 4. The number of hydrogen-bond donors (Lipinski definition) is 1. The number of halogens is 2. The van der Waals surface area contributed by atoms with E-state index in [9.17, 15) is 14.0 Å². The Labute approximate surface area is 155 Å². The predicted octanol–water partition coefficient (Wildman–Crippen LogP) is 3.85. The first-order valence-corrected chi connectivity index (χ1v) is 8.22. The van der Waals surface area contributed by atoms with Gasteiger partial charge in [0.05, 0.1) is 10.6 Å². The first-order valence-electron chi connectivity index (χ1n) is 7.84. The third-order valence-corrected chi connectivity index (χ3v) is 3.90. The molecule has 0 saturated carbocycles. The number of nitrogens with zero attached hydrogens (tertiary/aromatic N) is 1. The van der Waals surface area contributed by atoms with Gasteiger partial charge in [-0.3, -0.25) is 9.59 Å². The third kappa shape index (κ3) is 5.30. The van der Waals surface area contributed by atoms with E-state index < -0.39 is 18.0 Å². The number of nitriles is 1. The Morgan fingerprint density at radius 2 is 2.04 bits per heavy atom. The van der Waals surface area contributed by atoms with Crippen LogP contribution in [0.3, 0.4) is 0 Å². The van der Waals surface area contributed by atoms with Crippen LogP contribution in [0.4, 0.5) is 10.1 Å². The summed E-state index contributed by atoms with van der Waals surface area (Å²) < 4.78 is 18.6. The molecule has 7 heteroatoms. The van der Waals surface area contributed by atoms with Gasteiger partial charge in [0.1, 0.15) is 11.9 Å². The summed E-state index contributed by atoms with van der Waals surface area (Å²) in [6, 6.07) is 12.5. The molecule has 1 N–H and O–H groups in total. The zero-order valence-electron chi connectivity index (χ0n) is 14.0. The van der Waals surface area contributed by atoms with Crippen LogP contribution in [0.2, 0.25) is 5.02 Å². The van der Waals surface area contributed by atoms with Gasteiger partial charge in [0.15, 0.2) is 6.10 Å². The van der Waals surface area contributed by atoms with Crippen LogP contribution >= 0.6 is 11.6 Å². The number of ether oxygens (including phenoxy) is 1. The van der Waals surface area contributed by atoms with E-state index in [1.807, 2.05) is 6.07 Å². The van der Waals surface area contributed by atoms with Crippen LogP contribution in [0.15, 0.2) is 42.5 Å². The van der Waals surface area contributed by atoms with Gasteiger partial charge in [-0.1, -0.05) is 29.8 Å². The fourth-order valence-corrected chi connectivity index (χ4v) is 2.40. The van der Waals surface area contributed by atoms with Gasteiger partial charge >= 0.3 is 5.97 Å². The minimum Gasteiger partial charge on any atom is -0.453 e. The standard InChI is InChI=1S/C19H16ClFN2O3/c1-12(19(25)23-15-8-6-14(11-22)16(20)10-15)26-18(24)9-7-13-4-2-3-5-17(13)21/h2-6,8,10,12H,7,9H2,1H3,(H,23,25)/t12-/m1/s1. The van der Waals surface area contributed by atoms with Gasteiger partial charge in [0, 0.05) is 12.1 Å². The van der Waals surface area contributed by atoms with Gasteiger partial charge in [-0.15, -0.1) is 0 Å². The number of amides is 1. The zero-order valence-corrected chi connectivity index (χ0v) is 14.7. The van der Waals surface area contributed by atoms with Crippen molar-refractivity contribution >= 4 is 29.2 Å². The molecule has 0 spiro atoms. The largest absolute Gasteiger partial charge is 0.453 e. The van der Waals surface area contributed by atoms with E-state index in [2.05, 4.69) is 5.32 Å². The molecule has 0 aromatic heterocycles. The van der Waals surface area contributed by atoms with Crippen molar-refractivity contribution in [3.8, 4) is 6.07 Å². The normalized spacial score (nSPS) is 11.3. The maximum absolute atomic E-state index is 13.5. The number of aryl methyl sites for hydroxylation is 1. The Morgan fingerprint density at radius 3 is 2.69 bits per heavy atom. The molecule has 2 aromatic carbocycles. The van der Waals surface area contributed by atoms with Crippen molar-refractivity contribution in [3.05, 3.63) is 64.4 Å². The van der Waals surface area contributed by atoms with Crippen molar-refractivity contribution in [1.29, 1.82) is 5.26 Å². The maximum atomic E-state index is 13.5. The molecule has 0 radical (unpaired) electrons. The molecule has 0 heterocycles. The van der Waals surface area contributed by atoms with Crippen LogP contribution in [0.1, 0.15) is 24.5 Å². The number of nitrogens with one attached hydrogen (secondary N) is 1. The number of esters is 1.